The molecule has 32 heavy (non-hydrogen) atoms. The van der Waals surface area contributed by atoms with E-state index in [1.165, 1.54) is 0 Å². The molecular weight excluding hydrogens is 414 g/mol. The summed E-state index contributed by atoms with van der Waals surface area (Å²) in [5.74, 6) is -0.716. The van der Waals surface area contributed by atoms with Crippen molar-refractivity contribution in [1.82, 2.24) is 0 Å². The minimum absolute atomic E-state index is 0.277. The van der Waals surface area contributed by atoms with Crippen LogP contribution in [0.1, 0.15) is 16.7 Å². The zero-order chi connectivity index (χ0) is 22.4. The van der Waals surface area contributed by atoms with E-state index in [0.29, 0.717) is 0 Å². The fourth-order valence-corrected chi connectivity index (χ4v) is 5.39. The van der Waals surface area contributed by atoms with Gasteiger partial charge in [-0.15, -0.1) is 11.8 Å². The Morgan fingerprint density at radius 2 is 1.09 bits per heavy atom. The number of nitrogens with two attached hydrogens (primary N) is 1. The van der Waals surface area contributed by atoms with Crippen molar-refractivity contribution in [3.63, 3.8) is 0 Å². The van der Waals surface area contributed by atoms with Crippen LogP contribution in [0.3, 0.4) is 0 Å². The molecule has 0 amide bonds. The van der Waals surface area contributed by atoms with E-state index in [2.05, 4.69) is 60.7 Å². The van der Waals surface area contributed by atoms with Gasteiger partial charge in [-0.1, -0.05) is 115 Å². The van der Waals surface area contributed by atoms with Crippen LogP contribution in [0.4, 0.5) is 0 Å². The minimum atomic E-state index is -0.994. The Morgan fingerprint density at radius 1 is 0.688 bits per heavy atom. The molecule has 0 saturated carbocycles. The van der Waals surface area contributed by atoms with Gasteiger partial charge in [0.15, 0.2) is 0 Å². The maximum Gasteiger partial charge on any atom is 0.321 e. The predicted octanol–water partition coefficient (Wildman–Crippen LogP) is 5.79. The highest BCUT2D eigenvalue weighted by Gasteiger charge is 2.37. The maximum absolute atomic E-state index is 11.5. The number of hydrogen-bond donors (Lipinski definition) is 2. The van der Waals surface area contributed by atoms with E-state index in [1.54, 1.807) is 11.8 Å². The van der Waals surface area contributed by atoms with E-state index in [1.807, 2.05) is 54.6 Å². The molecule has 4 heteroatoms. The molecule has 160 valence electrons. The van der Waals surface area contributed by atoms with Crippen molar-refractivity contribution in [2.75, 3.05) is 5.75 Å². The van der Waals surface area contributed by atoms with Crippen LogP contribution >= 0.6 is 11.8 Å². The van der Waals surface area contributed by atoms with Crippen LogP contribution in [-0.2, 0) is 9.54 Å². The quantitative estimate of drug-likeness (QED) is 0.341. The number of benzene rings is 4. The molecule has 0 aliphatic heterocycles. The third-order valence-corrected chi connectivity index (χ3v) is 7.22. The molecule has 0 fully saturated rings. The molecule has 0 unspecified atom stereocenters. The van der Waals surface area contributed by atoms with Gasteiger partial charge in [-0.05, 0) is 27.8 Å². The molecular formula is C28H25NO2S. The van der Waals surface area contributed by atoms with E-state index in [9.17, 15) is 9.90 Å². The summed E-state index contributed by atoms with van der Waals surface area (Å²) in [6, 6.07) is 38.3. The maximum atomic E-state index is 11.5. The summed E-state index contributed by atoms with van der Waals surface area (Å²) in [6.45, 7) is 0. The second kappa shape index (κ2) is 9.86. The third kappa shape index (κ3) is 4.47. The fourth-order valence-electron chi connectivity index (χ4n) is 3.91. The lowest BCUT2D eigenvalue weighted by Crippen LogP contribution is -2.36. The van der Waals surface area contributed by atoms with Crippen molar-refractivity contribution < 1.29 is 9.90 Å². The minimum Gasteiger partial charge on any atom is -0.480 e. The van der Waals surface area contributed by atoms with Crippen LogP contribution in [-0.4, -0.2) is 22.9 Å². The number of thioether (sulfide) groups is 1. The second-order valence-electron chi connectivity index (χ2n) is 7.61. The first kappa shape index (κ1) is 21.9. The van der Waals surface area contributed by atoms with E-state index in [0.717, 1.165) is 27.8 Å². The molecule has 3 N–H and O–H groups in total. The molecule has 0 aliphatic carbocycles. The summed E-state index contributed by atoms with van der Waals surface area (Å²) >= 11 is 1.56. The van der Waals surface area contributed by atoms with Crippen molar-refractivity contribution >= 4 is 17.7 Å². The monoisotopic (exact) mass is 439 g/mol. The van der Waals surface area contributed by atoms with Crippen LogP contribution in [0, 0.1) is 0 Å². The average molecular weight is 440 g/mol. The summed E-state index contributed by atoms with van der Waals surface area (Å²) in [7, 11) is 0. The Bertz CT molecular complexity index is 1110. The molecule has 0 bridgehead atoms. The second-order valence-corrected chi connectivity index (χ2v) is 8.85. The summed E-state index contributed by atoms with van der Waals surface area (Å²) < 4.78 is -0.592. The van der Waals surface area contributed by atoms with Gasteiger partial charge < -0.3 is 10.8 Å². The molecule has 0 radical (unpaired) electrons. The van der Waals surface area contributed by atoms with Crippen molar-refractivity contribution in [1.29, 1.82) is 0 Å². The van der Waals surface area contributed by atoms with Crippen LogP contribution in [0.15, 0.2) is 115 Å². The van der Waals surface area contributed by atoms with E-state index >= 15 is 0 Å². The number of hydrogen-bond acceptors (Lipinski definition) is 3. The number of carboxylic acids is 1. The largest absolute Gasteiger partial charge is 0.480 e. The lowest BCUT2D eigenvalue weighted by Gasteiger charge is -2.36. The first-order valence-electron chi connectivity index (χ1n) is 10.5. The van der Waals surface area contributed by atoms with Gasteiger partial charge >= 0.3 is 5.97 Å². The van der Waals surface area contributed by atoms with Crippen molar-refractivity contribution in [2.24, 2.45) is 5.73 Å². The van der Waals surface area contributed by atoms with Gasteiger partial charge in [0.1, 0.15) is 6.04 Å². The highest BCUT2D eigenvalue weighted by atomic mass is 32.2. The van der Waals surface area contributed by atoms with Crippen LogP contribution in [0.5, 0.6) is 0 Å². The topological polar surface area (TPSA) is 63.3 Å². The van der Waals surface area contributed by atoms with Crippen LogP contribution in [0.25, 0.3) is 11.1 Å². The SMILES string of the molecule is N[C@H](CSC(c1ccccc1)(c1ccccc1)c1ccc(-c2ccccc2)cc1)C(=O)O. The lowest BCUT2D eigenvalue weighted by molar-refractivity contribution is -0.137. The molecule has 0 aliphatic rings. The normalized spacial score (nSPS) is 12.3. The summed E-state index contributed by atoms with van der Waals surface area (Å²) in [5, 5.41) is 9.41. The van der Waals surface area contributed by atoms with Crippen molar-refractivity contribution in [3.8, 4) is 11.1 Å². The summed E-state index contributed by atoms with van der Waals surface area (Å²) in [5.41, 5.74) is 11.5. The highest BCUT2D eigenvalue weighted by Crippen LogP contribution is 2.48. The van der Waals surface area contributed by atoms with Gasteiger partial charge in [-0.25, -0.2) is 0 Å². The van der Waals surface area contributed by atoms with E-state index in [4.69, 9.17) is 5.73 Å². The first-order valence-corrected chi connectivity index (χ1v) is 11.5. The smallest absolute Gasteiger partial charge is 0.321 e. The zero-order valence-electron chi connectivity index (χ0n) is 17.6. The Balaban J connectivity index is 1.86. The lowest BCUT2D eigenvalue weighted by atomic mass is 9.83. The molecule has 4 aromatic carbocycles. The van der Waals surface area contributed by atoms with Crippen molar-refractivity contribution in [2.45, 2.75) is 10.8 Å². The predicted molar refractivity (Wildman–Crippen MR) is 133 cm³/mol. The molecule has 4 aromatic rings. The fraction of sp³-hybridized carbons (Fsp3) is 0.107. The van der Waals surface area contributed by atoms with Gasteiger partial charge in [0.2, 0.25) is 0 Å². The first-order chi connectivity index (χ1) is 15.6. The van der Waals surface area contributed by atoms with Gasteiger partial charge in [-0.2, -0.15) is 0 Å². The molecule has 1 atom stereocenters. The molecule has 0 heterocycles. The Hall–Kier alpha value is -3.34. The van der Waals surface area contributed by atoms with Gasteiger partial charge in [0.05, 0.1) is 4.75 Å². The van der Waals surface area contributed by atoms with Gasteiger partial charge in [0.25, 0.3) is 0 Å². The highest BCUT2D eigenvalue weighted by molar-refractivity contribution is 8.00. The Labute approximate surface area is 192 Å². The zero-order valence-corrected chi connectivity index (χ0v) is 18.4. The van der Waals surface area contributed by atoms with Crippen LogP contribution in [0.2, 0.25) is 0 Å². The van der Waals surface area contributed by atoms with Gasteiger partial charge in [0, 0.05) is 5.75 Å². The Kier molecular flexibility index (Phi) is 6.74. The van der Waals surface area contributed by atoms with E-state index in [-0.39, 0.29) is 5.75 Å². The molecule has 0 aromatic heterocycles. The number of rotatable bonds is 8. The van der Waals surface area contributed by atoms with Gasteiger partial charge in [-0.3, -0.25) is 4.79 Å². The number of carbonyl (C=O) groups is 1. The standard InChI is InChI=1S/C28H25NO2S/c29-26(27(30)31)20-32-28(23-12-6-2-7-13-23,24-14-8-3-9-15-24)25-18-16-22(17-19-25)21-10-4-1-5-11-21/h1-19,26H,20,29H2,(H,30,31)/t26-/m1/s1. The summed E-state index contributed by atoms with van der Waals surface area (Å²) in [6.07, 6.45) is 0. The summed E-state index contributed by atoms with van der Waals surface area (Å²) in [4.78, 5) is 11.5. The average Bonchev–Trinajstić information content (AvgIpc) is 2.86. The molecule has 4 rings (SSSR count). The van der Waals surface area contributed by atoms with Crippen molar-refractivity contribution in [3.05, 3.63) is 132 Å². The number of aliphatic carboxylic acids is 1. The van der Waals surface area contributed by atoms with Crippen LogP contribution < -0.4 is 5.73 Å². The molecule has 0 saturated heterocycles. The number of carboxylic acid groups (broad SMARTS) is 1. The Morgan fingerprint density at radius 3 is 1.56 bits per heavy atom. The molecule has 0 spiro atoms. The molecule has 3 nitrogen and oxygen atoms in total. The van der Waals surface area contributed by atoms with E-state index < -0.39 is 16.8 Å². The third-order valence-electron chi connectivity index (χ3n) is 5.56.